The number of imide groups is 1. The van der Waals surface area contributed by atoms with Gasteiger partial charge < -0.3 is 20.2 Å². The van der Waals surface area contributed by atoms with Crippen LogP contribution in [0.2, 0.25) is 0 Å². The standard InChI is InChI=1S/C15H23N3O7/c1-8(17-14(23)24-15(3,4)5)12(21)16-9(2)13(22)25-18-10(19)6-7-11(18)20/h8-9H,6-7H2,1-5H3,(H,16,21)(H,17,23). The zero-order valence-electron chi connectivity index (χ0n) is 14.9. The molecule has 140 valence electrons. The van der Waals surface area contributed by atoms with Crippen molar-refractivity contribution in [1.82, 2.24) is 15.7 Å². The average molecular weight is 357 g/mol. The van der Waals surface area contributed by atoms with Gasteiger partial charge in [0.2, 0.25) is 5.91 Å². The minimum Gasteiger partial charge on any atom is -0.444 e. The molecule has 0 bridgehead atoms. The highest BCUT2D eigenvalue weighted by Gasteiger charge is 2.34. The number of hydroxylamine groups is 2. The Kier molecular flexibility index (Phi) is 6.49. The van der Waals surface area contributed by atoms with Gasteiger partial charge in [-0.3, -0.25) is 14.4 Å². The maximum Gasteiger partial charge on any atom is 0.408 e. The van der Waals surface area contributed by atoms with E-state index in [1.165, 1.54) is 13.8 Å². The molecule has 4 amide bonds. The lowest BCUT2D eigenvalue weighted by atomic mass is 10.2. The fraction of sp³-hybridized carbons (Fsp3) is 0.667. The Morgan fingerprint density at radius 1 is 1.00 bits per heavy atom. The zero-order chi connectivity index (χ0) is 19.4. The van der Waals surface area contributed by atoms with E-state index in [0.29, 0.717) is 5.06 Å². The van der Waals surface area contributed by atoms with Gasteiger partial charge in [-0.25, -0.2) is 9.59 Å². The molecule has 0 aliphatic carbocycles. The predicted molar refractivity (Wildman–Crippen MR) is 83.6 cm³/mol. The van der Waals surface area contributed by atoms with Crippen LogP contribution in [-0.4, -0.2) is 52.5 Å². The van der Waals surface area contributed by atoms with E-state index in [9.17, 15) is 24.0 Å². The van der Waals surface area contributed by atoms with Gasteiger partial charge in [0.15, 0.2) is 0 Å². The fourth-order valence-electron chi connectivity index (χ4n) is 1.77. The summed E-state index contributed by atoms with van der Waals surface area (Å²) in [6.07, 6.45) is -0.827. The lowest BCUT2D eigenvalue weighted by molar-refractivity contribution is -0.198. The fourth-order valence-corrected chi connectivity index (χ4v) is 1.77. The molecular weight excluding hydrogens is 334 g/mol. The van der Waals surface area contributed by atoms with Gasteiger partial charge in [-0.05, 0) is 34.6 Å². The van der Waals surface area contributed by atoms with Crippen LogP contribution in [0.3, 0.4) is 0 Å². The second kappa shape index (κ2) is 7.95. The number of alkyl carbamates (subject to hydrolysis) is 1. The third-order valence-corrected chi connectivity index (χ3v) is 3.03. The Labute approximate surface area is 145 Å². The van der Waals surface area contributed by atoms with Crippen LogP contribution in [0, 0.1) is 0 Å². The number of carbonyl (C=O) groups excluding carboxylic acids is 5. The van der Waals surface area contributed by atoms with E-state index in [2.05, 4.69) is 10.6 Å². The van der Waals surface area contributed by atoms with Crippen LogP contribution in [-0.2, 0) is 28.8 Å². The number of carbonyl (C=O) groups is 5. The maximum atomic E-state index is 12.0. The number of hydrogen-bond donors (Lipinski definition) is 2. The smallest absolute Gasteiger partial charge is 0.408 e. The Hall–Kier alpha value is -2.65. The van der Waals surface area contributed by atoms with E-state index < -0.39 is 47.5 Å². The van der Waals surface area contributed by atoms with Gasteiger partial charge in [0.1, 0.15) is 17.7 Å². The molecule has 1 saturated heterocycles. The molecule has 0 aromatic rings. The summed E-state index contributed by atoms with van der Waals surface area (Å²) in [6.45, 7) is 7.76. The topological polar surface area (TPSA) is 131 Å². The molecule has 1 fully saturated rings. The van der Waals surface area contributed by atoms with Crippen LogP contribution in [0.1, 0.15) is 47.5 Å². The van der Waals surface area contributed by atoms with Gasteiger partial charge in [0.25, 0.3) is 11.8 Å². The Morgan fingerprint density at radius 2 is 1.52 bits per heavy atom. The Balaban J connectivity index is 2.49. The van der Waals surface area contributed by atoms with E-state index in [0.717, 1.165) is 0 Å². The van der Waals surface area contributed by atoms with Crippen molar-refractivity contribution in [3.05, 3.63) is 0 Å². The molecule has 0 spiro atoms. The molecule has 10 nitrogen and oxygen atoms in total. The number of ether oxygens (including phenoxy) is 1. The van der Waals surface area contributed by atoms with Crippen molar-refractivity contribution in [2.24, 2.45) is 0 Å². The molecule has 2 unspecified atom stereocenters. The van der Waals surface area contributed by atoms with Crippen molar-refractivity contribution < 1.29 is 33.5 Å². The molecule has 0 aromatic carbocycles. The first-order chi connectivity index (χ1) is 11.4. The molecule has 1 aliphatic heterocycles. The van der Waals surface area contributed by atoms with E-state index >= 15 is 0 Å². The molecule has 0 aromatic heterocycles. The number of rotatable bonds is 5. The molecule has 2 N–H and O–H groups in total. The molecule has 1 rings (SSSR count). The first-order valence-corrected chi connectivity index (χ1v) is 7.78. The maximum absolute atomic E-state index is 12.0. The van der Waals surface area contributed by atoms with E-state index in [4.69, 9.17) is 9.57 Å². The van der Waals surface area contributed by atoms with Gasteiger partial charge in [-0.1, -0.05) is 0 Å². The van der Waals surface area contributed by atoms with Crippen LogP contribution in [0.15, 0.2) is 0 Å². The van der Waals surface area contributed by atoms with Gasteiger partial charge >= 0.3 is 12.1 Å². The lowest BCUT2D eigenvalue weighted by Crippen LogP contribution is -2.51. The van der Waals surface area contributed by atoms with Crippen LogP contribution in [0.5, 0.6) is 0 Å². The highest BCUT2D eigenvalue weighted by Crippen LogP contribution is 2.12. The van der Waals surface area contributed by atoms with E-state index in [-0.39, 0.29) is 12.8 Å². The highest BCUT2D eigenvalue weighted by molar-refractivity contribution is 6.02. The van der Waals surface area contributed by atoms with Gasteiger partial charge in [0.05, 0.1) is 0 Å². The van der Waals surface area contributed by atoms with Crippen molar-refractivity contribution in [1.29, 1.82) is 0 Å². The van der Waals surface area contributed by atoms with Gasteiger partial charge in [-0.2, -0.15) is 0 Å². The van der Waals surface area contributed by atoms with Crippen LogP contribution >= 0.6 is 0 Å². The quantitative estimate of drug-likeness (QED) is 0.663. The van der Waals surface area contributed by atoms with Crippen molar-refractivity contribution in [2.75, 3.05) is 0 Å². The summed E-state index contributed by atoms with van der Waals surface area (Å²) < 4.78 is 5.02. The Morgan fingerprint density at radius 3 is 2.00 bits per heavy atom. The van der Waals surface area contributed by atoms with Crippen molar-refractivity contribution in [2.45, 2.75) is 65.1 Å². The summed E-state index contributed by atoms with van der Waals surface area (Å²) in [6, 6.07) is -2.10. The second-order valence-corrected chi connectivity index (χ2v) is 6.59. The lowest BCUT2D eigenvalue weighted by Gasteiger charge is -2.22. The summed E-state index contributed by atoms with van der Waals surface area (Å²) >= 11 is 0. The third kappa shape index (κ3) is 6.40. The first-order valence-electron chi connectivity index (χ1n) is 7.78. The normalized spacial score (nSPS) is 16.9. The summed E-state index contributed by atoms with van der Waals surface area (Å²) in [5.41, 5.74) is -0.716. The number of hydrogen-bond acceptors (Lipinski definition) is 7. The zero-order valence-corrected chi connectivity index (χ0v) is 14.9. The summed E-state index contributed by atoms with van der Waals surface area (Å²) in [4.78, 5) is 62.9. The van der Waals surface area contributed by atoms with Crippen molar-refractivity contribution in [3.63, 3.8) is 0 Å². The van der Waals surface area contributed by atoms with Crippen molar-refractivity contribution in [3.8, 4) is 0 Å². The summed E-state index contributed by atoms with van der Waals surface area (Å²) in [5, 5.41) is 5.04. The molecule has 0 saturated carbocycles. The number of nitrogens with one attached hydrogen (secondary N) is 2. The molecule has 1 heterocycles. The SMILES string of the molecule is CC(NC(=O)OC(C)(C)C)C(=O)NC(C)C(=O)ON1C(=O)CCC1=O. The van der Waals surface area contributed by atoms with Crippen LogP contribution in [0.25, 0.3) is 0 Å². The highest BCUT2D eigenvalue weighted by atomic mass is 16.7. The average Bonchev–Trinajstić information content (AvgIpc) is 2.76. The largest absolute Gasteiger partial charge is 0.444 e. The summed E-state index contributed by atoms with van der Waals surface area (Å²) in [5.74, 6) is -2.86. The monoisotopic (exact) mass is 357 g/mol. The summed E-state index contributed by atoms with van der Waals surface area (Å²) in [7, 11) is 0. The molecule has 2 atom stereocenters. The van der Waals surface area contributed by atoms with Crippen LogP contribution in [0.4, 0.5) is 4.79 Å². The number of nitrogens with zero attached hydrogens (tertiary/aromatic N) is 1. The molecule has 25 heavy (non-hydrogen) atoms. The third-order valence-electron chi connectivity index (χ3n) is 3.03. The Bertz CT molecular complexity index is 566. The minimum atomic E-state index is -1.13. The number of amides is 4. The second-order valence-electron chi connectivity index (χ2n) is 6.59. The first kappa shape index (κ1) is 20.4. The van der Waals surface area contributed by atoms with Gasteiger partial charge in [0, 0.05) is 12.8 Å². The van der Waals surface area contributed by atoms with Crippen molar-refractivity contribution >= 4 is 29.8 Å². The molecule has 10 heteroatoms. The molecular formula is C15H23N3O7. The predicted octanol–water partition coefficient (Wildman–Crippen LogP) is 0.0115. The van der Waals surface area contributed by atoms with Crippen LogP contribution < -0.4 is 10.6 Å². The minimum absolute atomic E-state index is 0.0241. The molecule has 1 aliphatic rings. The van der Waals surface area contributed by atoms with E-state index in [1.54, 1.807) is 20.8 Å². The van der Waals surface area contributed by atoms with Gasteiger partial charge in [-0.15, -0.1) is 5.06 Å². The molecule has 0 radical (unpaired) electrons. The van der Waals surface area contributed by atoms with E-state index in [1.807, 2.05) is 0 Å².